The van der Waals surface area contributed by atoms with Crippen LogP contribution in [-0.2, 0) is 16.0 Å². The molecule has 0 bridgehead atoms. The van der Waals surface area contributed by atoms with Crippen molar-refractivity contribution in [3.63, 3.8) is 0 Å². The predicted octanol–water partition coefficient (Wildman–Crippen LogP) is 3.62. The molecule has 0 saturated carbocycles. The summed E-state index contributed by atoms with van der Waals surface area (Å²) in [7, 11) is 0. The lowest BCUT2D eigenvalue weighted by Crippen LogP contribution is -2.42. The number of H-pyrrole nitrogens is 1. The van der Waals surface area contributed by atoms with Gasteiger partial charge in [0, 0.05) is 34.4 Å². The Balaban J connectivity index is 2.09. The Labute approximate surface area is 143 Å². The Hall–Kier alpha value is -1.82. The Bertz CT molecular complexity index is 696. The maximum Gasteiger partial charge on any atom is 0.326 e. The minimum Gasteiger partial charge on any atom is -0.480 e. The first-order chi connectivity index (χ1) is 11.0. The fourth-order valence-electron chi connectivity index (χ4n) is 2.59. The molecule has 3 N–H and O–H groups in total. The van der Waals surface area contributed by atoms with Crippen LogP contribution in [0.15, 0.2) is 28.9 Å². The standard InChI is InChI=1S/C17H21BrN2O3/c1-2-3-4-8-15(21)20-14(17(22)23)9-11-10-19-13-7-5-6-12(18)16(11)13/h5-7,10,14,19H,2-4,8-9H2,1H3,(H,20,21)(H,22,23). The first kappa shape index (κ1) is 17.5. The highest BCUT2D eigenvalue weighted by molar-refractivity contribution is 9.10. The van der Waals surface area contributed by atoms with Gasteiger partial charge in [-0.2, -0.15) is 0 Å². The summed E-state index contributed by atoms with van der Waals surface area (Å²) in [5, 5.41) is 13.0. The molecule has 0 saturated heterocycles. The summed E-state index contributed by atoms with van der Waals surface area (Å²) in [6.07, 6.45) is 5.20. The van der Waals surface area contributed by atoms with Gasteiger partial charge in [0.25, 0.3) is 0 Å². The fraction of sp³-hybridized carbons (Fsp3) is 0.412. The van der Waals surface area contributed by atoms with E-state index in [1.54, 1.807) is 6.20 Å². The number of halogens is 1. The van der Waals surface area contributed by atoms with E-state index in [4.69, 9.17) is 0 Å². The van der Waals surface area contributed by atoms with Crippen molar-refractivity contribution >= 4 is 38.7 Å². The molecular formula is C17H21BrN2O3. The van der Waals surface area contributed by atoms with Crippen LogP contribution in [0, 0.1) is 0 Å². The number of rotatable bonds is 8. The van der Waals surface area contributed by atoms with Gasteiger partial charge in [0.1, 0.15) is 6.04 Å². The van der Waals surface area contributed by atoms with Crippen LogP contribution in [0.4, 0.5) is 0 Å². The molecule has 1 aromatic carbocycles. The SMILES string of the molecule is CCCCCC(=O)NC(Cc1c[nH]c2cccc(Br)c12)C(=O)O. The van der Waals surface area contributed by atoms with Crippen LogP contribution in [0.3, 0.4) is 0 Å². The van der Waals surface area contributed by atoms with Crippen molar-refractivity contribution in [2.45, 2.75) is 45.1 Å². The second kappa shape index (κ2) is 8.15. The number of benzene rings is 1. The zero-order chi connectivity index (χ0) is 16.8. The summed E-state index contributed by atoms with van der Waals surface area (Å²) in [5.41, 5.74) is 1.81. The molecule has 1 amide bonds. The lowest BCUT2D eigenvalue weighted by atomic mass is 10.0. The third-order valence-electron chi connectivity index (χ3n) is 3.80. The summed E-state index contributed by atoms with van der Waals surface area (Å²) in [5.74, 6) is -1.22. The van der Waals surface area contributed by atoms with Crippen molar-refractivity contribution in [2.75, 3.05) is 0 Å². The minimum absolute atomic E-state index is 0.204. The maximum atomic E-state index is 11.9. The molecule has 1 unspecified atom stereocenters. The Kier molecular flexibility index (Phi) is 6.21. The van der Waals surface area contributed by atoms with E-state index >= 15 is 0 Å². The molecule has 6 heteroatoms. The van der Waals surface area contributed by atoms with E-state index in [1.807, 2.05) is 18.2 Å². The van der Waals surface area contributed by atoms with Gasteiger partial charge in [-0.3, -0.25) is 4.79 Å². The number of carbonyl (C=O) groups excluding carboxylic acids is 1. The summed E-state index contributed by atoms with van der Waals surface area (Å²) in [4.78, 5) is 26.5. The van der Waals surface area contributed by atoms with E-state index in [0.717, 1.165) is 40.2 Å². The summed E-state index contributed by atoms with van der Waals surface area (Å²) < 4.78 is 0.907. The number of fused-ring (bicyclic) bond motifs is 1. The van der Waals surface area contributed by atoms with E-state index in [0.29, 0.717) is 6.42 Å². The number of hydrogen-bond acceptors (Lipinski definition) is 2. The molecule has 0 aliphatic heterocycles. The smallest absolute Gasteiger partial charge is 0.326 e. The largest absolute Gasteiger partial charge is 0.480 e. The molecule has 0 radical (unpaired) electrons. The number of carboxylic acids is 1. The van der Waals surface area contributed by atoms with Gasteiger partial charge in [-0.15, -0.1) is 0 Å². The number of aliphatic carboxylic acids is 1. The maximum absolute atomic E-state index is 11.9. The highest BCUT2D eigenvalue weighted by atomic mass is 79.9. The van der Waals surface area contributed by atoms with E-state index in [-0.39, 0.29) is 12.3 Å². The number of aromatic amines is 1. The fourth-order valence-corrected chi connectivity index (χ4v) is 3.21. The van der Waals surface area contributed by atoms with E-state index in [1.165, 1.54) is 0 Å². The molecule has 1 aromatic heterocycles. The summed E-state index contributed by atoms with van der Waals surface area (Å²) in [6.45, 7) is 2.06. The third kappa shape index (κ3) is 4.58. The van der Waals surface area contributed by atoms with Crippen LogP contribution in [-0.4, -0.2) is 28.0 Å². The lowest BCUT2D eigenvalue weighted by Gasteiger charge is -2.14. The van der Waals surface area contributed by atoms with Crippen molar-refractivity contribution in [1.29, 1.82) is 0 Å². The number of carbonyl (C=O) groups is 2. The van der Waals surface area contributed by atoms with Gasteiger partial charge in [0.15, 0.2) is 0 Å². The number of carboxylic acid groups (broad SMARTS) is 1. The van der Waals surface area contributed by atoms with Crippen molar-refractivity contribution < 1.29 is 14.7 Å². The number of nitrogens with one attached hydrogen (secondary N) is 2. The molecule has 0 spiro atoms. The van der Waals surface area contributed by atoms with E-state index < -0.39 is 12.0 Å². The molecule has 124 valence electrons. The minimum atomic E-state index is -1.02. The average molecular weight is 381 g/mol. The van der Waals surface area contributed by atoms with Crippen LogP contribution >= 0.6 is 15.9 Å². The second-order valence-corrected chi connectivity index (χ2v) is 6.45. The molecule has 5 nitrogen and oxygen atoms in total. The second-order valence-electron chi connectivity index (χ2n) is 5.60. The highest BCUT2D eigenvalue weighted by Crippen LogP contribution is 2.27. The molecule has 1 atom stereocenters. The molecular weight excluding hydrogens is 360 g/mol. The van der Waals surface area contributed by atoms with Gasteiger partial charge >= 0.3 is 5.97 Å². The summed E-state index contributed by atoms with van der Waals surface area (Å²) in [6, 6.07) is 4.84. The van der Waals surface area contributed by atoms with Gasteiger partial charge in [0.05, 0.1) is 0 Å². The predicted molar refractivity (Wildman–Crippen MR) is 93.4 cm³/mol. The van der Waals surface area contributed by atoms with Gasteiger partial charge in [-0.25, -0.2) is 4.79 Å². The molecule has 2 rings (SSSR count). The third-order valence-corrected chi connectivity index (χ3v) is 4.46. The number of amides is 1. The van der Waals surface area contributed by atoms with Crippen LogP contribution in [0.5, 0.6) is 0 Å². The molecule has 1 heterocycles. The van der Waals surface area contributed by atoms with Crippen LogP contribution in [0.2, 0.25) is 0 Å². The first-order valence-corrected chi connectivity index (χ1v) is 8.59. The monoisotopic (exact) mass is 380 g/mol. The number of unbranched alkanes of at least 4 members (excludes halogenated alkanes) is 2. The van der Waals surface area contributed by atoms with Crippen molar-refractivity contribution in [3.8, 4) is 0 Å². The van der Waals surface area contributed by atoms with Crippen molar-refractivity contribution in [3.05, 3.63) is 34.4 Å². The van der Waals surface area contributed by atoms with Gasteiger partial charge in [-0.05, 0) is 24.1 Å². The van der Waals surface area contributed by atoms with Gasteiger partial charge in [0.2, 0.25) is 5.91 Å². The van der Waals surface area contributed by atoms with Crippen molar-refractivity contribution in [2.24, 2.45) is 0 Å². The lowest BCUT2D eigenvalue weighted by molar-refractivity contribution is -0.141. The van der Waals surface area contributed by atoms with Crippen LogP contribution in [0.25, 0.3) is 10.9 Å². The van der Waals surface area contributed by atoms with Gasteiger partial charge in [-0.1, -0.05) is 41.8 Å². The van der Waals surface area contributed by atoms with Crippen LogP contribution in [0.1, 0.15) is 38.2 Å². The molecule has 2 aromatic rings. The molecule has 0 aliphatic rings. The van der Waals surface area contributed by atoms with E-state index in [9.17, 15) is 14.7 Å². The van der Waals surface area contributed by atoms with E-state index in [2.05, 4.69) is 33.2 Å². The molecule has 0 fully saturated rings. The number of aromatic nitrogens is 1. The molecule has 23 heavy (non-hydrogen) atoms. The Morgan fingerprint density at radius 2 is 2.13 bits per heavy atom. The Morgan fingerprint density at radius 1 is 1.35 bits per heavy atom. The quantitative estimate of drug-likeness (QED) is 0.611. The topological polar surface area (TPSA) is 82.2 Å². The normalized spacial score (nSPS) is 12.3. The number of hydrogen-bond donors (Lipinski definition) is 3. The van der Waals surface area contributed by atoms with Gasteiger partial charge < -0.3 is 15.4 Å². The average Bonchev–Trinajstić information content (AvgIpc) is 2.91. The van der Waals surface area contributed by atoms with Crippen LogP contribution < -0.4 is 5.32 Å². The summed E-state index contributed by atoms with van der Waals surface area (Å²) >= 11 is 3.49. The highest BCUT2D eigenvalue weighted by Gasteiger charge is 2.22. The Morgan fingerprint density at radius 3 is 2.83 bits per heavy atom. The molecule has 0 aliphatic carbocycles. The first-order valence-electron chi connectivity index (χ1n) is 7.79. The zero-order valence-electron chi connectivity index (χ0n) is 13.1. The van der Waals surface area contributed by atoms with Crippen molar-refractivity contribution in [1.82, 2.24) is 10.3 Å². The zero-order valence-corrected chi connectivity index (χ0v) is 14.6.